The lowest BCUT2D eigenvalue weighted by Crippen LogP contribution is -2.47. The van der Waals surface area contributed by atoms with Gasteiger partial charge in [0.1, 0.15) is 6.04 Å². The minimum atomic E-state index is -0.577. The predicted octanol–water partition coefficient (Wildman–Crippen LogP) is 1.53. The summed E-state index contributed by atoms with van der Waals surface area (Å²) in [6, 6.07) is -0.901. The van der Waals surface area contributed by atoms with Crippen molar-refractivity contribution in [1.82, 2.24) is 10.6 Å². The van der Waals surface area contributed by atoms with Crippen LogP contribution in [0.2, 0.25) is 0 Å². The first kappa shape index (κ1) is 15.7. The molecule has 17 heavy (non-hydrogen) atoms. The van der Waals surface area contributed by atoms with Crippen LogP contribution >= 0.6 is 0 Å². The monoisotopic (exact) mass is 244 g/mol. The Kier molecular flexibility index (Phi) is 7.34. The Labute approximate surface area is 103 Å². The van der Waals surface area contributed by atoms with Crippen molar-refractivity contribution in [1.29, 1.82) is 0 Å². The lowest BCUT2D eigenvalue weighted by atomic mass is 10.0. The van der Waals surface area contributed by atoms with E-state index in [1.165, 1.54) is 7.11 Å². The molecule has 5 nitrogen and oxygen atoms in total. The molecule has 0 heterocycles. The Bertz CT molecular complexity index is 252. The van der Waals surface area contributed by atoms with E-state index in [0.717, 1.165) is 0 Å². The van der Waals surface area contributed by atoms with Gasteiger partial charge in [0.05, 0.1) is 7.11 Å². The van der Waals surface area contributed by atoms with Gasteiger partial charge in [-0.25, -0.2) is 9.59 Å². The van der Waals surface area contributed by atoms with E-state index >= 15 is 0 Å². The zero-order chi connectivity index (χ0) is 13.4. The van der Waals surface area contributed by atoms with Gasteiger partial charge in [0.15, 0.2) is 0 Å². The lowest BCUT2D eigenvalue weighted by molar-refractivity contribution is -0.143. The highest BCUT2D eigenvalue weighted by Crippen LogP contribution is 2.06. The molecular weight excluding hydrogens is 220 g/mol. The van der Waals surface area contributed by atoms with Crippen LogP contribution in [-0.4, -0.2) is 31.7 Å². The van der Waals surface area contributed by atoms with Gasteiger partial charge >= 0.3 is 12.0 Å². The summed E-state index contributed by atoms with van der Waals surface area (Å²) in [6.45, 7) is 8.58. The average Bonchev–Trinajstić information content (AvgIpc) is 2.23. The molecule has 0 spiro atoms. The summed E-state index contributed by atoms with van der Waals surface area (Å²) in [5.41, 5.74) is 0. The number of carbonyl (C=O) groups excluding carboxylic acids is 2. The molecule has 0 aliphatic carbocycles. The highest BCUT2D eigenvalue weighted by Gasteiger charge is 2.22. The van der Waals surface area contributed by atoms with Gasteiger partial charge in [0.2, 0.25) is 0 Å². The summed E-state index contributed by atoms with van der Waals surface area (Å²) >= 11 is 0. The summed E-state index contributed by atoms with van der Waals surface area (Å²) < 4.78 is 4.66. The van der Waals surface area contributed by atoms with E-state index in [1.54, 1.807) is 0 Å². The van der Waals surface area contributed by atoms with Crippen molar-refractivity contribution in [3.05, 3.63) is 0 Å². The van der Waals surface area contributed by atoms with Crippen molar-refractivity contribution in [2.45, 2.75) is 40.2 Å². The Balaban J connectivity index is 4.22. The number of urea groups is 1. The first-order chi connectivity index (χ1) is 7.86. The molecule has 0 bridgehead atoms. The molecule has 0 aromatic heterocycles. The number of rotatable bonds is 6. The van der Waals surface area contributed by atoms with E-state index in [-0.39, 0.29) is 6.03 Å². The van der Waals surface area contributed by atoms with E-state index < -0.39 is 12.0 Å². The van der Waals surface area contributed by atoms with Crippen LogP contribution in [0.1, 0.15) is 34.1 Å². The quantitative estimate of drug-likeness (QED) is 0.696. The molecule has 0 radical (unpaired) electrons. The van der Waals surface area contributed by atoms with Crippen LogP contribution < -0.4 is 10.6 Å². The first-order valence-electron chi connectivity index (χ1n) is 5.99. The molecule has 0 saturated carbocycles. The van der Waals surface area contributed by atoms with Crippen LogP contribution in [-0.2, 0) is 9.53 Å². The fourth-order valence-corrected chi connectivity index (χ4v) is 1.33. The third-order valence-electron chi connectivity index (χ3n) is 2.17. The van der Waals surface area contributed by atoms with Gasteiger partial charge in [0, 0.05) is 6.54 Å². The second-order valence-electron chi connectivity index (χ2n) is 4.95. The number of nitrogens with one attached hydrogen (secondary N) is 2. The molecule has 0 rings (SSSR count). The largest absolute Gasteiger partial charge is 0.467 e. The van der Waals surface area contributed by atoms with Crippen LogP contribution in [0.3, 0.4) is 0 Å². The number of methoxy groups -OCH3 is 1. The maximum absolute atomic E-state index is 11.5. The smallest absolute Gasteiger partial charge is 0.328 e. The van der Waals surface area contributed by atoms with Crippen LogP contribution in [0.4, 0.5) is 4.79 Å². The molecule has 0 aromatic carbocycles. The van der Waals surface area contributed by atoms with E-state index in [9.17, 15) is 9.59 Å². The van der Waals surface area contributed by atoms with E-state index in [4.69, 9.17) is 0 Å². The Morgan fingerprint density at radius 2 is 1.71 bits per heavy atom. The first-order valence-corrected chi connectivity index (χ1v) is 5.99. The molecule has 0 aliphatic rings. The van der Waals surface area contributed by atoms with E-state index in [1.807, 2.05) is 27.7 Å². The maximum Gasteiger partial charge on any atom is 0.328 e. The molecule has 0 aromatic rings. The number of esters is 1. The fraction of sp³-hybridized carbons (Fsp3) is 0.833. The number of amides is 2. The van der Waals surface area contributed by atoms with Crippen molar-refractivity contribution >= 4 is 12.0 Å². The highest BCUT2D eigenvalue weighted by molar-refractivity contribution is 5.83. The van der Waals surface area contributed by atoms with E-state index in [0.29, 0.717) is 24.8 Å². The summed E-state index contributed by atoms with van der Waals surface area (Å²) in [5, 5.41) is 5.34. The molecule has 0 aliphatic heterocycles. The molecule has 100 valence electrons. The molecule has 1 atom stereocenters. The third-order valence-corrected chi connectivity index (χ3v) is 2.17. The Morgan fingerprint density at radius 3 is 2.12 bits per heavy atom. The Hall–Kier alpha value is -1.26. The molecule has 2 N–H and O–H groups in total. The van der Waals surface area contributed by atoms with Crippen molar-refractivity contribution < 1.29 is 14.3 Å². The lowest BCUT2D eigenvalue weighted by Gasteiger charge is -2.19. The molecule has 1 unspecified atom stereocenters. The maximum atomic E-state index is 11.5. The molecule has 5 heteroatoms. The zero-order valence-corrected chi connectivity index (χ0v) is 11.4. The van der Waals surface area contributed by atoms with Gasteiger partial charge in [-0.2, -0.15) is 0 Å². The SMILES string of the molecule is COC(=O)C(CC(C)C)NC(=O)NCC(C)C. The van der Waals surface area contributed by atoms with Crippen LogP contribution in [0.25, 0.3) is 0 Å². The number of hydrogen-bond donors (Lipinski definition) is 2. The van der Waals surface area contributed by atoms with Gasteiger partial charge in [-0.3, -0.25) is 0 Å². The number of carbonyl (C=O) groups is 2. The van der Waals surface area contributed by atoms with Crippen molar-refractivity contribution in [3.8, 4) is 0 Å². The van der Waals surface area contributed by atoms with E-state index in [2.05, 4.69) is 15.4 Å². The predicted molar refractivity (Wildman–Crippen MR) is 66.6 cm³/mol. The standard InChI is InChI=1S/C12H24N2O3/c1-8(2)6-10(11(15)17-5)14-12(16)13-7-9(3)4/h8-10H,6-7H2,1-5H3,(H2,13,14,16). The summed E-state index contributed by atoms with van der Waals surface area (Å²) in [5.74, 6) is 0.283. The minimum absolute atomic E-state index is 0.310. The second kappa shape index (κ2) is 7.92. The molecular formula is C12H24N2O3. The second-order valence-corrected chi connectivity index (χ2v) is 4.95. The summed E-state index contributed by atoms with van der Waals surface area (Å²) in [4.78, 5) is 23.0. The van der Waals surface area contributed by atoms with Crippen molar-refractivity contribution in [2.24, 2.45) is 11.8 Å². The third kappa shape index (κ3) is 7.60. The zero-order valence-electron chi connectivity index (χ0n) is 11.4. The summed E-state index contributed by atoms with van der Waals surface area (Å²) in [6.07, 6.45) is 0.571. The van der Waals surface area contributed by atoms with Gasteiger partial charge < -0.3 is 15.4 Å². The average molecular weight is 244 g/mol. The van der Waals surface area contributed by atoms with Crippen LogP contribution in [0.15, 0.2) is 0 Å². The molecule has 2 amide bonds. The minimum Gasteiger partial charge on any atom is -0.467 e. The molecule has 0 saturated heterocycles. The van der Waals surface area contributed by atoms with Crippen LogP contribution in [0, 0.1) is 11.8 Å². The van der Waals surface area contributed by atoms with Crippen LogP contribution in [0.5, 0.6) is 0 Å². The summed E-state index contributed by atoms with van der Waals surface area (Å²) in [7, 11) is 1.32. The van der Waals surface area contributed by atoms with Crippen molar-refractivity contribution in [2.75, 3.05) is 13.7 Å². The van der Waals surface area contributed by atoms with Gasteiger partial charge in [-0.1, -0.05) is 27.7 Å². The molecule has 0 fully saturated rings. The highest BCUT2D eigenvalue weighted by atomic mass is 16.5. The van der Waals surface area contributed by atoms with Gasteiger partial charge in [-0.15, -0.1) is 0 Å². The van der Waals surface area contributed by atoms with Gasteiger partial charge in [-0.05, 0) is 18.3 Å². The normalized spacial score (nSPS) is 12.4. The fourth-order valence-electron chi connectivity index (χ4n) is 1.33. The Morgan fingerprint density at radius 1 is 1.12 bits per heavy atom. The number of hydrogen-bond acceptors (Lipinski definition) is 3. The van der Waals surface area contributed by atoms with Crippen molar-refractivity contribution in [3.63, 3.8) is 0 Å². The topological polar surface area (TPSA) is 67.4 Å². The van der Waals surface area contributed by atoms with Gasteiger partial charge in [0.25, 0.3) is 0 Å². The number of ether oxygens (including phenoxy) is 1.